The lowest BCUT2D eigenvalue weighted by Crippen LogP contribution is -2.11. The van der Waals surface area contributed by atoms with Crippen molar-refractivity contribution >= 4 is 22.9 Å². The van der Waals surface area contributed by atoms with Gasteiger partial charge in [0.1, 0.15) is 6.10 Å². The third-order valence-corrected chi connectivity index (χ3v) is 3.70. The van der Waals surface area contributed by atoms with Crippen molar-refractivity contribution in [3.8, 4) is 0 Å². The Labute approximate surface area is 109 Å². The van der Waals surface area contributed by atoms with Gasteiger partial charge in [-0.05, 0) is 20.8 Å². The van der Waals surface area contributed by atoms with Crippen molar-refractivity contribution in [1.29, 1.82) is 0 Å². The summed E-state index contributed by atoms with van der Waals surface area (Å²) in [6.07, 6.45) is 2.48. The molecule has 0 amide bonds. The Bertz CT molecular complexity index is 521. The fraction of sp³-hybridized carbons (Fsp3) is 0.455. The summed E-state index contributed by atoms with van der Waals surface area (Å²) in [5.74, 6) is 0. The fourth-order valence-electron chi connectivity index (χ4n) is 1.66. The van der Waals surface area contributed by atoms with Crippen molar-refractivity contribution in [3.63, 3.8) is 0 Å². The fourth-order valence-corrected chi connectivity index (χ4v) is 2.67. The summed E-state index contributed by atoms with van der Waals surface area (Å²) in [6.45, 7) is 5.90. The SMILES string of the molecule is Cc1ncc(C(O)c2c(Cl)cnn2C(C)C)s1. The van der Waals surface area contributed by atoms with E-state index in [-0.39, 0.29) is 6.04 Å². The lowest BCUT2D eigenvalue weighted by molar-refractivity contribution is 0.208. The summed E-state index contributed by atoms with van der Waals surface area (Å²) < 4.78 is 1.74. The smallest absolute Gasteiger partial charge is 0.133 e. The van der Waals surface area contributed by atoms with E-state index in [2.05, 4.69) is 10.1 Å². The zero-order valence-corrected chi connectivity index (χ0v) is 11.5. The van der Waals surface area contributed by atoms with Gasteiger partial charge in [0, 0.05) is 12.2 Å². The number of aromatic nitrogens is 3. The van der Waals surface area contributed by atoms with Crippen LogP contribution in [0, 0.1) is 6.92 Å². The van der Waals surface area contributed by atoms with E-state index in [1.807, 2.05) is 20.8 Å². The van der Waals surface area contributed by atoms with Crippen LogP contribution in [0.1, 0.15) is 41.6 Å². The van der Waals surface area contributed by atoms with Crippen molar-refractivity contribution in [2.75, 3.05) is 0 Å². The van der Waals surface area contributed by atoms with Gasteiger partial charge in [-0.15, -0.1) is 11.3 Å². The molecule has 2 heterocycles. The quantitative estimate of drug-likeness (QED) is 0.934. The molecule has 0 fully saturated rings. The van der Waals surface area contributed by atoms with Gasteiger partial charge in [0.05, 0.1) is 26.8 Å². The van der Waals surface area contributed by atoms with Crippen LogP contribution < -0.4 is 0 Å². The number of aliphatic hydroxyl groups excluding tert-OH is 1. The number of thiazole rings is 1. The van der Waals surface area contributed by atoms with Gasteiger partial charge in [0.2, 0.25) is 0 Å². The maximum Gasteiger partial charge on any atom is 0.133 e. The average Bonchev–Trinajstić information content (AvgIpc) is 2.83. The summed E-state index contributed by atoms with van der Waals surface area (Å²) >= 11 is 7.54. The number of aryl methyl sites for hydroxylation is 1. The topological polar surface area (TPSA) is 50.9 Å². The Balaban J connectivity index is 2.43. The maximum atomic E-state index is 10.3. The first kappa shape index (κ1) is 12.5. The first-order valence-electron chi connectivity index (χ1n) is 5.34. The number of nitrogens with zero attached hydrogens (tertiary/aromatic N) is 3. The number of hydrogen-bond acceptors (Lipinski definition) is 4. The van der Waals surface area contributed by atoms with Crippen LogP contribution in [0.4, 0.5) is 0 Å². The van der Waals surface area contributed by atoms with Crippen LogP contribution in [0.3, 0.4) is 0 Å². The van der Waals surface area contributed by atoms with E-state index in [1.165, 1.54) is 11.3 Å². The number of aliphatic hydroxyl groups is 1. The minimum absolute atomic E-state index is 0.154. The van der Waals surface area contributed by atoms with Crippen molar-refractivity contribution < 1.29 is 5.11 Å². The summed E-state index contributed by atoms with van der Waals surface area (Å²) in [5.41, 5.74) is 0.630. The predicted molar refractivity (Wildman–Crippen MR) is 68.5 cm³/mol. The van der Waals surface area contributed by atoms with Gasteiger partial charge in [-0.3, -0.25) is 4.68 Å². The first-order chi connectivity index (χ1) is 8.00. The van der Waals surface area contributed by atoms with E-state index < -0.39 is 6.10 Å². The standard InChI is InChI=1S/C11H14ClN3OS/c1-6(2)15-10(8(12)4-14-15)11(16)9-5-13-7(3)17-9/h4-6,11,16H,1-3H3. The van der Waals surface area contributed by atoms with Gasteiger partial charge in [-0.25, -0.2) is 4.98 Å². The number of halogens is 1. The summed E-state index contributed by atoms with van der Waals surface area (Å²) in [7, 11) is 0. The Kier molecular flexibility index (Phi) is 3.51. The molecule has 2 rings (SSSR count). The molecule has 0 aliphatic rings. The molecule has 92 valence electrons. The molecule has 0 aliphatic heterocycles. The van der Waals surface area contributed by atoms with Crippen LogP contribution in [0.15, 0.2) is 12.4 Å². The highest BCUT2D eigenvalue weighted by Crippen LogP contribution is 2.32. The lowest BCUT2D eigenvalue weighted by atomic mass is 10.2. The molecule has 0 saturated heterocycles. The van der Waals surface area contributed by atoms with Crippen molar-refractivity contribution in [2.24, 2.45) is 0 Å². The second kappa shape index (κ2) is 4.76. The van der Waals surface area contributed by atoms with Crippen LogP contribution in [-0.4, -0.2) is 19.9 Å². The highest BCUT2D eigenvalue weighted by Gasteiger charge is 2.22. The van der Waals surface area contributed by atoms with Crippen molar-refractivity contribution in [2.45, 2.75) is 32.9 Å². The largest absolute Gasteiger partial charge is 0.381 e. The lowest BCUT2D eigenvalue weighted by Gasteiger charge is -2.15. The van der Waals surface area contributed by atoms with Gasteiger partial charge in [0.25, 0.3) is 0 Å². The van der Waals surface area contributed by atoms with E-state index in [0.717, 1.165) is 9.88 Å². The van der Waals surface area contributed by atoms with Gasteiger partial charge in [0.15, 0.2) is 0 Å². The van der Waals surface area contributed by atoms with E-state index in [1.54, 1.807) is 17.1 Å². The molecule has 0 bridgehead atoms. The number of rotatable bonds is 3. The van der Waals surface area contributed by atoms with Crippen LogP contribution >= 0.6 is 22.9 Å². The minimum atomic E-state index is -0.765. The number of hydrogen-bond donors (Lipinski definition) is 1. The third kappa shape index (κ3) is 2.36. The molecule has 2 aromatic rings. The minimum Gasteiger partial charge on any atom is -0.381 e. The molecular formula is C11H14ClN3OS. The molecule has 0 spiro atoms. The molecule has 4 nitrogen and oxygen atoms in total. The monoisotopic (exact) mass is 271 g/mol. The van der Waals surface area contributed by atoms with Gasteiger partial charge >= 0.3 is 0 Å². The molecule has 1 unspecified atom stereocenters. The van der Waals surface area contributed by atoms with Gasteiger partial charge in [-0.1, -0.05) is 11.6 Å². The third-order valence-electron chi connectivity index (χ3n) is 2.44. The second-order valence-corrected chi connectivity index (χ2v) is 5.77. The Morgan fingerprint density at radius 2 is 2.12 bits per heavy atom. The molecule has 0 saturated carbocycles. The highest BCUT2D eigenvalue weighted by molar-refractivity contribution is 7.11. The summed E-state index contributed by atoms with van der Waals surface area (Å²) in [4.78, 5) is 4.92. The Morgan fingerprint density at radius 3 is 2.65 bits per heavy atom. The zero-order chi connectivity index (χ0) is 12.6. The normalized spacial score (nSPS) is 13.3. The van der Waals surface area contributed by atoms with Crippen LogP contribution in [0.25, 0.3) is 0 Å². The molecule has 6 heteroatoms. The van der Waals surface area contributed by atoms with Gasteiger partial charge < -0.3 is 5.11 Å². The molecule has 1 atom stereocenters. The van der Waals surface area contributed by atoms with Crippen LogP contribution in [-0.2, 0) is 0 Å². The van der Waals surface area contributed by atoms with E-state index in [0.29, 0.717) is 10.7 Å². The van der Waals surface area contributed by atoms with E-state index in [9.17, 15) is 5.11 Å². The van der Waals surface area contributed by atoms with Crippen LogP contribution in [0.2, 0.25) is 5.02 Å². The second-order valence-electron chi connectivity index (χ2n) is 4.10. The summed E-state index contributed by atoms with van der Waals surface area (Å²) in [5, 5.41) is 15.9. The molecule has 0 aromatic carbocycles. The summed E-state index contributed by atoms with van der Waals surface area (Å²) in [6, 6.07) is 0.154. The Hall–Kier alpha value is -0.910. The van der Waals surface area contributed by atoms with Crippen molar-refractivity contribution in [1.82, 2.24) is 14.8 Å². The zero-order valence-electron chi connectivity index (χ0n) is 9.88. The molecular weight excluding hydrogens is 258 g/mol. The van der Waals surface area contributed by atoms with E-state index >= 15 is 0 Å². The molecule has 0 aliphatic carbocycles. The molecule has 17 heavy (non-hydrogen) atoms. The predicted octanol–water partition coefficient (Wildman–Crippen LogP) is 2.96. The highest BCUT2D eigenvalue weighted by atomic mass is 35.5. The van der Waals surface area contributed by atoms with E-state index in [4.69, 9.17) is 11.6 Å². The molecule has 0 radical (unpaired) electrons. The molecule has 2 aromatic heterocycles. The van der Waals surface area contributed by atoms with Crippen molar-refractivity contribution in [3.05, 3.63) is 33.0 Å². The molecule has 1 N–H and O–H groups in total. The maximum absolute atomic E-state index is 10.3. The Morgan fingerprint density at radius 1 is 1.41 bits per heavy atom. The first-order valence-corrected chi connectivity index (χ1v) is 6.53. The average molecular weight is 272 g/mol. The van der Waals surface area contributed by atoms with Gasteiger partial charge in [-0.2, -0.15) is 5.10 Å². The van der Waals surface area contributed by atoms with Crippen LogP contribution in [0.5, 0.6) is 0 Å².